The van der Waals surface area contributed by atoms with E-state index < -0.39 is 0 Å². The van der Waals surface area contributed by atoms with Crippen molar-refractivity contribution in [1.82, 2.24) is 5.32 Å². The maximum atomic E-state index is 12.5. The Bertz CT molecular complexity index is 726. The zero-order chi connectivity index (χ0) is 18.2. The lowest BCUT2D eigenvalue weighted by Gasteiger charge is -2.18. The molecule has 0 aliphatic heterocycles. The topological polar surface area (TPSA) is 67.4 Å². The number of hydrogen-bond acceptors (Lipinski definition) is 3. The Hall–Kier alpha value is -2.82. The highest BCUT2D eigenvalue weighted by Crippen LogP contribution is 2.21. The van der Waals surface area contributed by atoms with Gasteiger partial charge in [-0.2, -0.15) is 0 Å². The number of rotatable bonds is 7. The first-order valence-electron chi connectivity index (χ1n) is 8.32. The number of carbonyl (C=O) groups excluding carboxylic acids is 2. The largest absolute Gasteiger partial charge is 0.497 e. The highest BCUT2D eigenvalue weighted by atomic mass is 16.5. The molecule has 2 amide bonds. The summed E-state index contributed by atoms with van der Waals surface area (Å²) in [5, 5.41) is 5.81. The molecule has 5 heteroatoms. The number of carbonyl (C=O) groups is 2. The number of anilines is 1. The van der Waals surface area contributed by atoms with E-state index in [9.17, 15) is 9.59 Å². The summed E-state index contributed by atoms with van der Waals surface area (Å²) in [5.41, 5.74) is 2.49. The number of nitrogens with one attached hydrogen (secondary N) is 2. The Morgan fingerprint density at radius 3 is 2.36 bits per heavy atom. The first kappa shape index (κ1) is 18.5. The molecule has 0 spiro atoms. The first-order chi connectivity index (χ1) is 12.0. The van der Waals surface area contributed by atoms with Crippen LogP contribution in [0, 0.1) is 0 Å². The predicted molar refractivity (Wildman–Crippen MR) is 98.6 cm³/mol. The average Bonchev–Trinajstić information content (AvgIpc) is 2.61. The van der Waals surface area contributed by atoms with Gasteiger partial charge in [-0.15, -0.1) is 0 Å². The van der Waals surface area contributed by atoms with Crippen LogP contribution in [0.1, 0.15) is 37.4 Å². The average molecular weight is 340 g/mol. The van der Waals surface area contributed by atoms with E-state index >= 15 is 0 Å². The van der Waals surface area contributed by atoms with Crippen molar-refractivity contribution in [3.05, 3.63) is 59.7 Å². The van der Waals surface area contributed by atoms with E-state index in [1.165, 1.54) is 6.92 Å². The van der Waals surface area contributed by atoms with Crippen molar-refractivity contribution >= 4 is 17.5 Å². The molecule has 1 atom stereocenters. The predicted octanol–water partition coefficient (Wildman–Crippen LogP) is 3.46. The van der Waals surface area contributed by atoms with Crippen LogP contribution < -0.4 is 15.4 Å². The number of methoxy groups -OCH3 is 1. The van der Waals surface area contributed by atoms with Crippen molar-refractivity contribution in [2.75, 3.05) is 12.4 Å². The van der Waals surface area contributed by atoms with Crippen LogP contribution in [0.4, 0.5) is 5.69 Å². The highest BCUT2D eigenvalue weighted by Gasteiger charge is 2.15. The first-order valence-corrected chi connectivity index (χ1v) is 8.32. The van der Waals surface area contributed by atoms with Gasteiger partial charge in [0, 0.05) is 12.6 Å². The Morgan fingerprint density at radius 2 is 1.76 bits per heavy atom. The molecule has 2 aromatic carbocycles. The molecule has 0 bridgehead atoms. The molecule has 0 heterocycles. The zero-order valence-electron chi connectivity index (χ0n) is 14.8. The van der Waals surface area contributed by atoms with Gasteiger partial charge in [-0.05, 0) is 35.7 Å². The molecule has 132 valence electrons. The van der Waals surface area contributed by atoms with Crippen LogP contribution in [0.5, 0.6) is 5.75 Å². The fourth-order valence-corrected chi connectivity index (χ4v) is 2.66. The standard InChI is InChI=1S/C20H24N2O3/c1-4-18(15-9-11-17(25-3)12-10-15)22-20(24)13-16-7-5-6-8-19(16)21-14(2)23/h5-12,18H,4,13H2,1-3H3,(H,21,23)(H,22,24). The van der Waals surface area contributed by atoms with Gasteiger partial charge in [0.05, 0.1) is 19.6 Å². The smallest absolute Gasteiger partial charge is 0.224 e. The summed E-state index contributed by atoms with van der Waals surface area (Å²) in [6, 6.07) is 15.0. The summed E-state index contributed by atoms with van der Waals surface area (Å²) in [4.78, 5) is 23.8. The van der Waals surface area contributed by atoms with E-state index in [1.807, 2.05) is 49.4 Å². The number of para-hydroxylation sites is 1. The van der Waals surface area contributed by atoms with E-state index in [4.69, 9.17) is 4.74 Å². The van der Waals surface area contributed by atoms with Gasteiger partial charge >= 0.3 is 0 Å². The molecule has 1 unspecified atom stereocenters. The second-order valence-electron chi connectivity index (χ2n) is 5.82. The minimum atomic E-state index is -0.155. The minimum Gasteiger partial charge on any atom is -0.497 e. The summed E-state index contributed by atoms with van der Waals surface area (Å²) in [6.45, 7) is 3.48. The van der Waals surface area contributed by atoms with Gasteiger partial charge in [-0.1, -0.05) is 37.3 Å². The molecular weight excluding hydrogens is 316 g/mol. The molecule has 0 aliphatic rings. The van der Waals surface area contributed by atoms with Crippen molar-refractivity contribution in [3.63, 3.8) is 0 Å². The molecule has 0 aliphatic carbocycles. The summed E-state index contributed by atoms with van der Waals surface area (Å²) in [7, 11) is 1.63. The third-order valence-corrected chi connectivity index (χ3v) is 3.94. The summed E-state index contributed by atoms with van der Waals surface area (Å²) >= 11 is 0. The maximum Gasteiger partial charge on any atom is 0.224 e. The van der Waals surface area contributed by atoms with Crippen LogP contribution in [0.2, 0.25) is 0 Å². The van der Waals surface area contributed by atoms with Crippen LogP contribution in [-0.2, 0) is 16.0 Å². The van der Waals surface area contributed by atoms with Gasteiger partial charge in [0.1, 0.15) is 5.75 Å². The van der Waals surface area contributed by atoms with Gasteiger partial charge < -0.3 is 15.4 Å². The van der Waals surface area contributed by atoms with Crippen LogP contribution in [-0.4, -0.2) is 18.9 Å². The van der Waals surface area contributed by atoms with E-state index in [1.54, 1.807) is 13.2 Å². The molecular formula is C20H24N2O3. The quantitative estimate of drug-likeness (QED) is 0.811. The molecule has 5 nitrogen and oxygen atoms in total. The van der Waals surface area contributed by atoms with Crippen molar-refractivity contribution < 1.29 is 14.3 Å². The normalized spacial score (nSPS) is 11.5. The fraction of sp³-hybridized carbons (Fsp3) is 0.300. The van der Waals surface area contributed by atoms with Crippen LogP contribution >= 0.6 is 0 Å². The SMILES string of the molecule is CCC(NC(=O)Cc1ccccc1NC(C)=O)c1ccc(OC)cc1. The molecule has 2 rings (SSSR count). The molecule has 0 fully saturated rings. The summed E-state index contributed by atoms with van der Waals surface area (Å²) < 4.78 is 5.17. The number of hydrogen-bond donors (Lipinski definition) is 2. The maximum absolute atomic E-state index is 12.5. The molecule has 2 aromatic rings. The highest BCUT2D eigenvalue weighted by molar-refractivity contribution is 5.91. The van der Waals surface area contributed by atoms with E-state index in [0.717, 1.165) is 23.3 Å². The number of benzene rings is 2. The monoisotopic (exact) mass is 340 g/mol. The lowest BCUT2D eigenvalue weighted by molar-refractivity contribution is -0.121. The van der Waals surface area contributed by atoms with Gasteiger partial charge in [0.15, 0.2) is 0 Å². The third-order valence-electron chi connectivity index (χ3n) is 3.94. The summed E-state index contributed by atoms with van der Waals surface area (Å²) in [5.74, 6) is 0.548. The molecule has 0 saturated heterocycles. The van der Waals surface area contributed by atoms with Crippen LogP contribution in [0.3, 0.4) is 0 Å². The lowest BCUT2D eigenvalue weighted by Crippen LogP contribution is -2.29. The third kappa shape index (κ3) is 5.35. The van der Waals surface area contributed by atoms with Crippen molar-refractivity contribution in [3.8, 4) is 5.75 Å². The molecule has 0 radical (unpaired) electrons. The van der Waals surface area contributed by atoms with Gasteiger partial charge in [-0.25, -0.2) is 0 Å². The Balaban J connectivity index is 2.06. The Kier molecular flexibility index (Phi) is 6.57. The number of ether oxygens (including phenoxy) is 1. The van der Waals surface area contributed by atoms with Crippen molar-refractivity contribution in [1.29, 1.82) is 0 Å². The second-order valence-corrected chi connectivity index (χ2v) is 5.82. The van der Waals surface area contributed by atoms with E-state index in [-0.39, 0.29) is 24.3 Å². The number of amides is 2. The fourth-order valence-electron chi connectivity index (χ4n) is 2.66. The molecule has 0 saturated carbocycles. The van der Waals surface area contributed by atoms with Crippen LogP contribution in [0.15, 0.2) is 48.5 Å². The van der Waals surface area contributed by atoms with Gasteiger partial charge in [0.2, 0.25) is 11.8 Å². The molecule has 2 N–H and O–H groups in total. The van der Waals surface area contributed by atoms with Crippen molar-refractivity contribution in [2.45, 2.75) is 32.7 Å². The van der Waals surface area contributed by atoms with E-state index in [2.05, 4.69) is 10.6 Å². The van der Waals surface area contributed by atoms with Crippen LogP contribution in [0.25, 0.3) is 0 Å². The molecule has 0 aromatic heterocycles. The zero-order valence-corrected chi connectivity index (χ0v) is 14.8. The van der Waals surface area contributed by atoms with Gasteiger partial charge in [-0.3, -0.25) is 9.59 Å². The minimum absolute atomic E-state index is 0.0636. The van der Waals surface area contributed by atoms with Crippen molar-refractivity contribution in [2.24, 2.45) is 0 Å². The van der Waals surface area contributed by atoms with Gasteiger partial charge in [0.25, 0.3) is 0 Å². The Labute approximate surface area is 148 Å². The molecule has 25 heavy (non-hydrogen) atoms. The Morgan fingerprint density at radius 1 is 1.08 bits per heavy atom. The summed E-state index contributed by atoms with van der Waals surface area (Å²) in [6.07, 6.45) is 0.995. The van der Waals surface area contributed by atoms with E-state index in [0.29, 0.717) is 5.69 Å². The second kappa shape index (κ2) is 8.87. The lowest BCUT2D eigenvalue weighted by atomic mass is 10.0.